The molecule has 1 heterocycles. The summed E-state index contributed by atoms with van der Waals surface area (Å²) in [7, 11) is 2.86. The molecule has 128 valence electrons. The molecule has 0 aromatic heterocycles. The monoisotopic (exact) mass is 388 g/mol. The fourth-order valence-electron chi connectivity index (χ4n) is 2.74. The highest BCUT2D eigenvalue weighted by molar-refractivity contribution is 8.13. The summed E-state index contributed by atoms with van der Waals surface area (Å²) >= 11 is 6.23. The van der Waals surface area contributed by atoms with Gasteiger partial charge >= 0.3 is 0 Å². The number of hydrogen-bond donors (Lipinski definition) is 0. The average molecular weight is 389 g/mol. The smallest absolute Gasteiger partial charge is 0.263 e. The second-order valence-electron chi connectivity index (χ2n) is 5.08. The van der Waals surface area contributed by atoms with Crippen LogP contribution in [0.5, 0.6) is 5.75 Å². The number of hydrogen-bond acceptors (Lipinski definition) is 5. The normalized spacial score (nSPS) is 17.0. The van der Waals surface area contributed by atoms with Gasteiger partial charge < -0.3 is 14.2 Å². The molecule has 0 bridgehead atoms. The van der Waals surface area contributed by atoms with E-state index < -0.39 is 14.8 Å². The first-order valence-corrected chi connectivity index (χ1v) is 9.74. The Morgan fingerprint density at radius 3 is 2.25 bits per heavy atom. The van der Waals surface area contributed by atoms with Crippen molar-refractivity contribution in [2.45, 2.75) is 10.7 Å². The van der Waals surface area contributed by atoms with E-state index in [9.17, 15) is 8.42 Å². The van der Waals surface area contributed by atoms with Gasteiger partial charge in [0.2, 0.25) is 5.79 Å². The zero-order valence-corrected chi connectivity index (χ0v) is 15.0. The van der Waals surface area contributed by atoms with E-state index in [-0.39, 0.29) is 21.2 Å². The summed E-state index contributed by atoms with van der Waals surface area (Å²) in [5.74, 6) is -1.20. The molecular formula is C16H14Cl2O5S. The third kappa shape index (κ3) is 2.89. The van der Waals surface area contributed by atoms with E-state index in [0.29, 0.717) is 18.8 Å². The first kappa shape index (κ1) is 17.5. The standard InChI is InChI=1S/C16H14Cl2O5S/c1-21-13-8-7-12(15(14(13)17)24(18,19)20)16(22-9-10-23-16)11-5-3-2-4-6-11/h2-8H,9-10H2,1H3. The van der Waals surface area contributed by atoms with Crippen molar-refractivity contribution < 1.29 is 22.6 Å². The Bertz CT molecular complexity index is 846. The Labute approximate surface area is 149 Å². The number of methoxy groups -OCH3 is 1. The number of benzene rings is 2. The lowest BCUT2D eigenvalue weighted by Crippen LogP contribution is -2.30. The zero-order valence-electron chi connectivity index (χ0n) is 12.7. The Morgan fingerprint density at radius 1 is 1.08 bits per heavy atom. The van der Waals surface area contributed by atoms with Crippen molar-refractivity contribution in [2.75, 3.05) is 20.3 Å². The first-order chi connectivity index (χ1) is 11.4. The highest BCUT2D eigenvalue weighted by Crippen LogP contribution is 2.46. The van der Waals surface area contributed by atoms with Crippen LogP contribution in [0.2, 0.25) is 5.02 Å². The minimum atomic E-state index is -4.18. The number of rotatable bonds is 4. The molecule has 0 saturated carbocycles. The van der Waals surface area contributed by atoms with Gasteiger partial charge in [-0.25, -0.2) is 8.42 Å². The van der Waals surface area contributed by atoms with Crippen molar-refractivity contribution in [3.63, 3.8) is 0 Å². The fourth-order valence-corrected chi connectivity index (χ4v) is 4.67. The Hall–Kier alpha value is -1.31. The van der Waals surface area contributed by atoms with Crippen LogP contribution in [0.15, 0.2) is 47.4 Å². The highest BCUT2D eigenvalue weighted by atomic mass is 35.7. The molecule has 1 saturated heterocycles. The second kappa shape index (κ2) is 6.54. The van der Waals surface area contributed by atoms with E-state index >= 15 is 0 Å². The van der Waals surface area contributed by atoms with Crippen LogP contribution in [0.1, 0.15) is 11.1 Å². The molecule has 5 nitrogen and oxygen atoms in total. The SMILES string of the molecule is COc1ccc(C2(c3ccccc3)OCCO2)c(S(=O)(=O)Cl)c1Cl. The summed E-state index contributed by atoms with van der Waals surface area (Å²) in [6.07, 6.45) is 0. The molecule has 0 aliphatic carbocycles. The van der Waals surface area contributed by atoms with Crippen molar-refractivity contribution in [1.29, 1.82) is 0 Å². The average Bonchev–Trinajstić information content (AvgIpc) is 3.05. The molecule has 3 rings (SSSR count). The largest absolute Gasteiger partial charge is 0.495 e. The van der Waals surface area contributed by atoms with Crippen LogP contribution >= 0.6 is 22.3 Å². The summed E-state index contributed by atoms with van der Waals surface area (Å²) < 4.78 is 41.1. The van der Waals surface area contributed by atoms with Gasteiger partial charge in [-0.05, 0) is 12.1 Å². The molecule has 8 heteroatoms. The van der Waals surface area contributed by atoms with E-state index in [1.54, 1.807) is 18.2 Å². The van der Waals surface area contributed by atoms with Gasteiger partial charge in [0, 0.05) is 21.8 Å². The van der Waals surface area contributed by atoms with Gasteiger partial charge in [-0.1, -0.05) is 41.9 Å². The highest BCUT2D eigenvalue weighted by Gasteiger charge is 2.45. The topological polar surface area (TPSA) is 61.8 Å². The maximum atomic E-state index is 12.2. The van der Waals surface area contributed by atoms with Crippen molar-refractivity contribution in [3.05, 3.63) is 58.6 Å². The third-order valence-electron chi connectivity index (χ3n) is 3.73. The summed E-state index contributed by atoms with van der Waals surface area (Å²) in [5, 5.41) is -0.112. The number of ether oxygens (including phenoxy) is 3. The molecular weight excluding hydrogens is 375 g/mol. The van der Waals surface area contributed by atoms with Crippen LogP contribution in [0, 0.1) is 0 Å². The molecule has 0 N–H and O–H groups in total. The van der Waals surface area contributed by atoms with Gasteiger partial charge in [-0.15, -0.1) is 0 Å². The summed E-state index contributed by atoms with van der Waals surface area (Å²) in [6, 6.07) is 12.1. The zero-order chi connectivity index (χ0) is 17.4. The van der Waals surface area contributed by atoms with Crippen molar-refractivity contribution in [2.24, 2.45) is 0 Å². The molecule has 24 heavy (non-hydrogen) atoms. The molecule has 0 spiro atoms. The van der Waals surface area contributed by atoms with Crippen LogP contribution in [0.3, 0.4) is 0 Å². The van der Waals surface area contributed by atoms with Gasteiger partial charge in [0.1, 0.15) is 15.7 Å². The lowest BCUT2D eigenvalue weighted by molar-refractivity contribution is -0.131. The van der Waals surface area contributed by atoms with Crippen molar-refractivity contribution in [1.82, 2.24) is 0 Å². The van der Waals surface area contributed by atoms with Crippen LogP contribution in [0.25, 0.3) is 0 Å². The molecule has 0 amide bonds. The second-order valence-corrected chi connectivity index (χ2v) is 7.96. The summed E-state index contributed by atoms with van der Waals surface area (Å²) in [5.41, 5.74) is 0.859. The Morgan fingerprint density at radius 2 is 1.71 bits per heavy atom. The van der Waals surface area contributed by atoms with Gasteiger partial charge in [0.25, 0.3) is 9.05 Å². The van der Waals surface area contributed by atoms with E-state index in [1.165, 1.54) is 13.2 Å². The number of halogens is 2. The summed E-state index contributed by atoms with van der Waals surface area (Å²) in [4.78, 5) is -0.282. The van der Waals surface area contributed by atoms with Crippen LogP contribution < -0.4 is 4.74 Å². The van der Waals surface area contributed by atoms with Crippen LogP contribution in [0.4, 0.5) is 0 Å². The van der Waals surface area contributed by atoms with Gasteiger partial charge in [0.15, 0.2) is 0 Å². The molecule has 0 unspecified atom stereocenters. The van der Waals surface area contributed by atoms with Crippen LogP contribution in [-0.4, -0.2) is 28.7 Å². The minimum absolute atomic E-state index is 0.112. The molecule has 1 aliphatic heterocycles. The van der Waals surface area contributed by atoms with Gasteiger partial charge in [0.05, 0.1) is 20.3 Å². The lowest BCUT2D eigenvalue weighted by Gasteiger charge is -2.30. The van der Waals surface area contributed by atoms with Gasteiger partial charge in [-0.2, -0.15) is 0 Å². The predicted octanol–water partition coefficient (Wildman–Crippen LogP) is 3.52. The lowest BCUT2D eigenvalue weighted by atomic mass is 9.97. The van der Waals surface area contributed by atoms with E-state index in [4.69, 9.17) is 36.5 Å². The quantitative estimate of drug-likeness (QED) is 0.749. The van der Waals surface area contributed by atoms with E-state index in [1.807, 2.05) is 18.2 Å². The summed E-state index contributed by atoms with van der Waals surface area (Å²) in [6.45, 7) is 0.612. The van der Waals surface area contributed by atoms with E-state index in [2.05, 4.69) is 0 Å². The fraction of sp³-hybridized carbons (Fsp3) is 0.250. The van der Waals surface area contributed by atoms with Gasteiger partial charge in [-0.3, -0.25) is 0 Å². The Kier molecular flexibility index (Phi) is 4.77. The third-order valence-corrected chi connectivity index (χ3v) is 5.59. The maximum Gasteiger partial charge on any atom is 0.263 e. The first-order valence-electron chi connectivity index (χ1n) is 7.05. The van der Waals surface area contributed by atoms with Crippen molar-refractivity contribution in [3.8, 4) is 5.75 Å². The molecule has 0 radical (unpaired) electrons. The van der Waals surface area contributed by atoms with Crippen LogP contribution in [-0.2, 0) is 24.3 Å². The molecule has 1 aliphatic rings. The molecule has 2 aromatic rings. The molecule has 1 fully saturated rings. The predicted molar refractivity (Wildman–Crippen MR) is 90.2 cm³/mol. The molecule has 0 atom stereocenters. The Balaban J connectivity index is 2.33. The van der Waals surface area contributed by atoms with E-state index in [0.717, 1.165) is 0 Å². The maximum absolute atomic E-state index is 12.2. The van der Waals surface area contributed by atoms with Crippen molar-refractivity contribution >= 4 is 31.3 Å². The minimum Gasteiger partial charge on any atom is -0.495 e. The molecule has 2 aromatic carbocycles.